The molecule has 0 bridgehead atoms. The van der Waals surface area contributed by atoms with Crippen LogP contribution in [0, 0.1) is 13.8 Å². The van der Waals surface area contributed by atoms with E-state index < -0.39 is 0 Å². The number of halogens is 1. The van der Waals surface area contributed by atoms with Crippen LogP contribution in [0.2, 0.25) is 5.02 Å². The van der Waals surface area contributed by atoms with Crippen LogP contribution in [-0.2, 0) is 0 Å². The van der Waals surface area contributed by atoms with E-state index in [1.54, 1.807) is 18.2 Å². The minimum atomic E-state index is -0.345. The molecule has 25 heavy (non-hydrogen) atoms. The Balaban J connectivity index is 1.70. The molecule has 1 aromatic carbocycles. The van der Waals surface area contributed by atoms with Gasteiger partial charge in [-0.3, -0.25) is 9.78 Å². The van der Waals surface area contributed by atoms with Gasteiger partial charge < -0.3 is 10.1 Å². The molecule has 6 heteroatoms. The van der Waals surface area contributed by atoms with Gasteiger partial charge >= 0.3 is 0 Å². The molecule has 3 aromatic rings. The second kappa shape index (κ2) is 7.32. The van der Waals surface area contributed by atoms with E-state index in [0.29, 0.717) is 22.2 Å². The zero-order chi connectivity index (χ0) is 17.8. The normalized spacial score (nSPS) is 10.4. The highest BCUT2D eigenvalue weighted by Crippen LogP contribution is 2.23. The van der Waals surface area contributed by atoms with Crippen molar-refractivity contribution >= 4 is 23.2 Å². The topological polar surface area (TPSA) is 64.1 Å². The lowest BCUT2D eigenvalue weighted by atomic mass is 10.1. The van der Waals surface area contributed by atoms with Crippen LogP contribution in [0.25, 0.3) is 0 Å². The first-order valence-electron chi connectivity index (χ1n) is 7.64. The zero-order valence-electron chi connectivity index (χ0n) is 13.8. The molecule has 0 saturated carbocycles. The Hall–Kier alpha value is -2.92. The quantitative estimate of drug-likeness (QED) is 0.732. The Morgan fingerprint density at radius 2 is 1.84 bits per heavy atom. The summed E-state index contributed by atoms with van der Waals surface area (Å²) >= 11 is 5.99. The number of amides is 1. The van der Waals surface area contributed by atoms with Crippen LogP contribution in [0.3, 0.4) is 0 Å². The minimum absolute atomic E-state index is 0.305. The maximum absolute atomic E-state index is 12.2. The molecule has 1 amide bonds. The van der Waals surface area contributed by atoms with E-state index in [1.807, 2.05) is 26.0 Å². The third-order valence-electron chi connectivity index (χ3n) is 3.42. The lowest BCUT2D eigenvalue weighted by Gasteiger charge is -2.09. The fraction of sp³-hybridized carbons (Fsp3) is 0.105. The van der Waals surface area contributed by atoms with Crippen molar-refractivity contribution in [3.8, 4) is 11.6 Å². The molecular weight excluding hydrogens is 338 g/mol. The van der Waals surface area contributed by atoms with Gasteiger partial charge in [-0.2, -0.15) is 0 Å². The predicted octanol–water partition coefficient (Wildman–Crippen LogP) is 4.79. The molecular formula is C19H16ClN3O2. The first-order valence-corrected chi connectivity index (χ1v) is 8.02. The number of anilines is 1. The Morgan fingerprint density at radius 3 is 2.48 bits per heavy atom. The maximum atomic E-state index is 12.2. The standard InChI is InChI=1S/C19H16ClN3O2/c1-12-7-13(2)9-15(8-12)25-18-4-3-14(10-22-18)23-19(24)16-11-21-6-5-17(16)20/h3-11H,1-2H3,(H,23,24). The second-order valence-electron chi connectivity index (χ2n) is 5.62. The summed E-state index contributed by atoms with van der Waals surface area (Å²) < 4.78 is 5.75. The molecule has 0 atom stereocenters. The van der Waals surface area contributed by atoms with Crippen molar-refractivity contribution in [3.63, 3.8) is 0 Å². The Morgan fingerprint density at radius 1 is 1.08 bits per heavy atom. The second-order valence-corrected chi connectivity index (χ2v) is 6.03. The SMILES string of the molecule is Cc1cc(C)cc(Oc2ccc(NC(=O)c3cnccc3Cl)cn2)c1. The third-order valence-corrected chi connectivity index (χ3v) is 3.75. The molecule has 0 fully saturated rings. The van der Waals surface area contributed by atoms with E-state index in [2.05, 4.69) is 21.4 Å². The summed E-state index contributed by atoms with van der Waals surface area (Å²) in [6.07, 6.45) is 4.47. The number of hydrogen-bond acceptors (Lipinski definition) is 4. The molecule has 1 N–H and O–H groups in total. The largest absolute Gasteiger partial charge is 0.439 e. The molecule has 0 saturated heterocycles. The Bertz CT molecular complexity index is 891. The fourth-order valence-corrected chi connectivity index (χ4v) is 2.56. The molecule has 0 aliphatic heterocycles. The summed E-state index contributed by atoms with van der Waals surface area (Å²) in [6.45, 7) is 4.02. The molecule has 5 nitrogen and oxygen atoms in total. The van der Waals surface area contributed by atoms with E-state index in [9.17, 15) is 4.79 Å². The first-order chi connectivity index (χ1) is 12.0. The van der Waals surface area contributed by atoms with E-state index in [4.69, 9.17) is 16.3 Å². The Labute approximate surface area is 150 Å². The highest BCUT2D eigenvalue weighted by molar-refractivity contribution is 6.34. The zero-order valence-corrected chi connectivity index (χ0v) is 14.5. The number of benzene rings is 1. The summed E-state index contributed by atoms with van der Waals surface area (Å²) in [7, 11) is 0. The number of rotatable bonds is 4. The number of aromatic nitrogens is 2. The van der Waals surface area contributed by atoms with E-state index >= 15 is 0 Å². The molecule has 0 aliphatic carbocycles. The molecule has 2 heterocycles. The van der Waals surface area contributed by atoms with Crippen molar-refractivity contribution in [1.29, 1.82) is 0 Å². The van der Waals surface area contributed by atoms with E-state index in [1.165, 1.54) is 18.6 Å². The number of hydrogen-bond donors (Lipinski definition) is 1. The van der Waals surface area contributed by atoms with Crippen LogP contribution < -0.4 is 10.1 Å². The van der Waals surface area contributed by atoms with Crippen LogP contribution in [-0.4, -0.2) is 15.9 Å². The number of pyridine rings is 2. The number of nitrogens with zero attached hydrogens (tertiary/aromatic N) is 2. The third kappa shape index (κ3) is 4.33. The van der Waals surface area contributed by atoms with Gasteiger partial charge in [0, 0.05) is 18.5 Å². The monoisotopic (exact) mass is 353 g/mol. The number of ether oxygens (including phenoxy) is 1. The summed E-state index contributed by atoms with van der Waals surface area (Å²) in [5, 5.41) is 3.07. The van der Waals surface area contributed by atoms with Gasteiger partial charge in [0.1, 0.15) is 5.75 Å². The van der Waals surface area contributed by atoms with Crippen molar-refractivity contribution in [2.75, 3.05) is 5.32 Å². The van der Waals surface area contributed by atoms with Gasteiger partial charge in [0.15, 0.2) is 0 Å². The highest BCUT2D eigenvalue weighted by Gasteiger charge is 2.11. The molecule has 0 unspecified atom stereocenters. The van der Waals surface area contributed by atoms with Crippen molar-refractivity contribution in [2.24, 2.45) is 0 Å². The van der Waals surface area contributed by atoms with Crippen LogP contribution in [0.1, 0.15) is 21.5 Å². The molecule has 2 aromatic heterocycles. The van der Waals surface area contributed by atoms with E-state index in [0.717, 1.165) is 16.9 Å². The maximum Gasteiger partial charge on any atom is 0.258 e. The van der Waals surface area contributed by atoms with Gasteiger partial charge in [0.2, 0.25) is 5.88 Å². The number of carbonyl (C=O) groups excluding carboxylic acids is 1. The highest BCUT2D eigenvalue weighted by atomic mass is 35.5. The average Bonchev–Trinajstić information content (AvgIpc) is 2.56. The Kier molecular flexibility index (Phi) is 4.95. The number of carbonyl (C=O) groups is 1. The molecule has 126 valence electrons. The van der Waals surface area contributed by atoms with Gasteiger partial charge in [-0.15, -0.1) is 0 Å². The van der Waals surface area contributed by atoms with Crippen LogP contribution in [0.5, 0.6) is 11.6 Å². The fourth-order valence-electron chi connectivity index (χ4n) is 2.37. The van der Waals surface area contributed by atoms with Gasteiger partial charge in [-0.1, -0.05) is 17.7 Å². The summed E-state index contributed by atoms with van der Waals surface area (Å²) in [6, 6.07) is 10.9. The van der Waals surface area contributed by atoms with Gasteiger partial charge in [-0.25, -0.2) is 4.98 Å². The van der Waals surface area contributed by atoms with Gasteiger partial charge in [0.05, 0.1) is 22.5 Å². The molecule has 3 rings (SSSR count). The molecule has 0 aliphatic rings. The number of nitrogens with one attached hydrogen (secondary N) is 1. The van der Waals surface area contributed by atoms with Crippen molar-refractivity contribution in [1.82, 2.24) is 9.97 Å². The van der Waals surface area contributed by atoms with Crippen molar-refractivity contribution in [2.45, 2.75) is 13.8 Å². The minimum Gasteiger partial charge on any atom is -0.439 e. The van der Waals surface area contributed by atoms with Gasteiger partial charge in [-0.05, 0) is 49.2 Å². The van der Waals surface area contributed by atoms with Crippen LogP contribution >= 0.6 is 11.6 Å². The van der Waals surface area contributed by atoms with Crippen molar-refractivity contribution < 1.29 is 9.53 Å². The van der Waals surface area contributed by atoms with E-state index in [-0.39, 0.29) is 5.91 Å². The average molecular weight is 354 g/mol. The summed E-state index contributed by atoms with van der Waals surface area (Å²) in [5.41, 5.74) is 3.08. The molecule has 0 spiro atoms. The lowest BCUT2D eigenvalue weighted by molar-refractivity contribution is 0.102. The summed E-state index contributed by atoms with van der Waals surface area (Å²) in [4.78, 5) is 20.3. The van der Waals surface area contributed by atoms with Crippen LogP contribution in [0.15, 0.2) is 55.0 Å². The number of aryl methyl sites for hydroxylation is 2. The molecule has 0 radical (unpaired) electrons. The van der Waals surface area contributed by atoms with Gasteiger partial charge in [0.25, 0.3) is 5.91 Å². The predicted molar refractivity (Wildman–Crippen MR) is 97.4 cm³/mol. The smallest absolute Gasteiger partial charge is 0.258 e. The summed E-state index contributed by atoms with van der Waals surface area (Å²) in [5.74, 6) is 0.828. The van der Waals surface area contributed by atoms with Crippen molar-refractivity contribution in [3.05, 3.63) is 76.7 Å². The first kappa shape index (κ1) is 16.9. The lowest BCUT2D eigenvalue weighted by Crippen LogP contribution is -2.12. The van der Waals surface area contributed by atoms with Crippen LogP contribution in [0.4, 0.5) is 5.69 Å².